The molecule has 0 radical (unpaired) electrons. The number of hydrogen-bond acceptors (Lipinski definition) is 5. The third-order valence-corrected chi connectivity index (χ3v) is 7.90. The minimum Gasteiger partial charge on any atom is -0.378 e. The van der Waals surface area contributed by atoms with Gasteiger partial charge in [0.15, 0.2) is 0 Å². The number of rotatable bonds is 5. The summed E-state index contributed by atoms with van der Waals surface area (Å²) < 4.78 is 46.7. The third kappa shape index (κ3) is 4.91. The van der Waals surface area contributed by atoms with E-state index in [-0.39, 0.29) is 15.5 Å². The molecule has 7 nitrogen and oxygen atoms in total. The number of hydrogen-bond donors (Lipinski definition) is 1. The number of nitrogens with one attached hydrogen (secondary N) is 1. The predicted octanol–water partition coefficient (Wildman–Crippen LogP) is 3.74. The number of ether oxygens (including phenoxy) is 1. The first kappa shape index (κ1) is 23.0. The minimum atomic E-state index is -3.68. The third-order valence-electron chi connectivity index (χ3n) is 5.70. The molecule has 0 bridgehead atoms. The van der Waals surface area contributed by atoms with Crippen molar-refractivity contribution in [1.82, 2.24) is 4.31 Å². The smallest absolute Gasteiger partial charge is 0.257 e. The molecule has 32 heavy (non-hydrogen) atoms. The van der Waals surface area contributed by atoms with Gasteiger partial charge in [0.05, 0.1) is 40.1 Å². The van der Waals surface area contributed by atoms with Crippen molar-refractivity contribution in [3.05, 3.63) is 52.8 Å². The Morgan fingerprint density at radius 3 is 2.41 bits per heavy atom. The van der Waals surface area contributed by atoms with Crippen LogP contribution in [0.4, 0.5) is 15.8 Å². The summed E-state index contributed by atoms with van der Waals surface area (Å²) in [6, 6.07) is 8.30. The van der Waals surface area contributed by atoms with Crippen molar-refractivity contribution in [1.29, 1.82) is 0 Å². The first-order valence-corrected chi connectivity index (χ1v) is 12.4. The highest BCUT2D eigenvalue weighted by molar-refractivity contribution is 7.89. The van der Waals surface area contributed by atoms with Crippen LogP contribution in [0.5, 0.6) is 0 Å². The second kappa shape index (κ2) is 9.74. The van der Waals surface area contributed by atoms with E-state index in [1.54, 1.807) is 12.1 Å². The van der Waals surface area contributed by atoms with Gasteiger partial charge in [-0.05, 0) is 49.2 Å². The molecule has 2 fully saturated rings. The highest BCUT2D eigenvalue weighted by atomic mass is 35.5. The molecule has 172 valence electrons. The van der Waals surface area contributed by atoms with Crippen molar-refractivity contribution in [2.75, 3.05) is 49.6 Å². The van der Waals surface area contributed by atoms with E-state index in [0.717, 1.165) is 31.4 Å². The van der Waals surface area contributed by atoms with E-state index < -0.39 is 21.7 Å². The Bertz CT molecular complexity index is 1100. The lowest BCUT2D eigenvalue weighted by Gasteiger charge is -2.31. The van der Waals surface area contributed by atoms with Crippen LogP contribution in [0.3, 0.4) is 0 Å². The van der Waals surface area contributed by atoms with Crippen LogP contribution in [0.2, 0.25) is 5.02 Å². The van der Waals surface area contributed by atoms with Crippen molar-refractivity contribution < 1.29 is 22.3 Å². The summed E-state index contributed by atoms with van der Waals surface area (Å²) in [5.41, 5.74) is 1.15. The van der Waals surface area contributed by atoms with Gasteiger partial charge in [-0.1, -0.05) is 18.0 Å². The molecule has 0 saturated carbocycles. The maximum absolute atomic E-state index is 13.4. The molecule has 1 amide bonds. The number of amides is 1. The van der Waals surface area contributed by atoms with Crippen LogP contribution >= 0.6 is 11.6 Å². The van der Waals surface area contributed by atoms with Crippen LogP contribution in [-0.4, -0.2) is 58.0 Å². The first-order chi connectivity index (χ1) is 15.4. The fraction of sp³-hybridized carbons (Fsp3) is 0.409. The molecule has 0 atom stereocenters. The van der Waals surface area contributed by atoms with Crippen LogP contribution in [0, 0.1) is 5.82 Å². The number of piperidine rings is 1. The molecule has 2 aromatic rings. The van der Waals surface area contributed by atoms with Gasteiger partial charge in [-0.25, -0.2) is 12.8 Å². The summed E-state index contributed by atoms with van der Waals surface area (Å²) >= 11 is 6.05. The fourth-order valence-corrected chi connectivity index (χ4v) is 5.77. The zero-order chi connectivity index (χ0) is 22.7. The Kier molecular flexibility index (Phi) is 6.99. The summed E-state index contributed by atoms with van der Waals surface area (Å²) in [6.45, 7) is 3.26. The van der Waals surface area contributed by atoms with Crippen LogP contribution in [0.15, 0.2) is 41.3 Å². The number of nitrogens with zero attached hydrogens (tertiary/aromatic N) is 2. The molecule has 2 saturated heterocycles. The van der Waals surface area contributed by atoms with Crippen molar-refractivity contribution in [3.63, 3.8) is 0 Å². The van der Waals surface area contributed by atoms with E-state index in [0.29, 0.717) is 50.8 Å². The second-order valence-corrected chi connectivity index (χ2v) is 10.2. The number of carbonyl (C=O) groups is 1. The van der Waals surface area contributed by atoms with Crippen molar-refractivity contribution in [3.8, 4) is 0 Å². The SMILES string of the molecule is O=C(Nc1cc(S(=O)(=O)N2CCCCC2)ccc1N1CCOCC1)c1ccc(F)cc1Cl. The molecule has 1 N–H and O–H groups in total. The molecule has 4 rings (SSSR count). The Labute approximate surface area is 192 Å². The Morgan fingerprint density at radius 1 is 1.00 bits per heavy atom. The van der Waals surface area contributed by atoms with Gasteiger partial charge in [-0.3, -0.25) is 4.79 Å². The van der Waals surface area contributed by atoms with Gasteiger partial charge in [0.25, 0.3) is 5.91 Å². The molecule has 2 aromatic carbocycles. The molecule has 0 aliphatic carbocycles. The number of carbonyl (C=O) groups excluding carboxylic acids is 1. The van der Waals surface area contributed by atoms with E-state index in [1.165, 1.54) is 16.4 Å². The van der Waals surface area contributed by atoms with Crippen molar-refractivity contribution in [2.45, 2.75) is 24.2 Å². The van der Waals surface area contributed by atoms with Crippen molar-refractivity contribution in [2.24, 2.45) is 0 Å². The topological polar surface area (TPSA) is 79.0 Å². The van der Waals surface area contributed by atoms with Crippen LogP contribution in [0.25, 0.3) is 0 Å². The minimum absolute atomic E-state index is 0.0208. The monoisotopic (exact) mass is 481 g/mol. The number of sulfonamides is 1. The van der Waals surface area contributed by atoms with E-state index >= 15 is 0 Å². The average Bonchev–Trinajstić information content (AvgIpc) is 2.80. The zero-order valence-corrected chi connectivity index (χ0v) is 19.1. The Balaban J connectivity index is 1.69. The standard InChI is InChI=1S/C22H25ClFN3O4S/c23-19-14-16(24)4-6-18(19)22(28)25-20-15-17(32(29,30)27-8-2-1-3-9-27)5-7-21(20)26-10-12-31-13-11-26/h4-7,14-15H,1-3,8-13H2,(H,25,28). The molecular weight excluding hydrogens is 457 g/mol. The lowest BCUT2D eigenvalue weighted by atomic mass is 10.1. The van der Waals surface area contributed by atoms with E-state index in [9.17, 15) is 17.6 Å². The molecule has 0 unspecified atom stereocenters. The molecule has 0 aromatic heterocycles. The first-order valence-electron chi connectivity index (χ1n) is 10.6. The van der Waals surface area contributed by atoms with Gasteiger partial charge < -0.3 is 15.0 Å². The van der Waals surface area contributed by atoms with Gasteiger partial charge in [0.2, 0.25) is 10.0 Å². The van der Waals surface area contributed by atoms with Gasteiger partial charge in [0, 0.05) is 26.2 Å². The summed E-state index contributed by atoms with van der Waals surface area (Å²) in [7, 11) is -3.68. The zero-order valence-electron chi connectivity index (χ0n) is 17.5. The lowest BCUT2D eigenvalue weighted by molar-refractivity contribution is 0.102. The average molecular weight is 482 g/mol. The number of benzene rings is 2. The maximum atomic E-state index is 13.4. The second-order valence-electron chi connectivity index (χ2n) is 7.82. The highest BCUT2D eigenvalue weighted by Gasteiger charge is 2.28. The largest absolute Gasteiger partial charge is 0.378 e. The lowest BCUT2D eigenvalue weighted by Crippen LogP contribution is -2.37. The van der Waals surface area contributed by atoms with Gasteiger partial charge >= 0.3 is 0 Å². The maximum Gasteiger partial charge on any atom is 0.257 e. The molecule has 10 heteroatoms. The Hall–Kier alpha value is -2.20. The van der Waals surface area contributed by atoms with Gasteiger partial charge in [-0.15, -0.1) is 0 Å². The fourth-order valence-electron chi connectivity index (χ4n) is 3.97. The molecular formula is C22H25ClFN3O4S. The number of anilines is 2. The van der Waals surface area contributed by atoms with Gasteiger partial charge in [0.1, 0.15) is 5.82 Å². The number of morpholine rings is 1. The summed E-state index contributed by atoms with van der Waals surface area (Å²) in [6.07, 6.45) is 2.68. The normalized spacial score (nSPS) is 17.9. The van der Waals surface area contributed by atoms with E-state index in [2.05, 4.69) is 5.32 Å². The van der Waals surface area contributed by atoms with Crippen molar-refractivity contribution >= 4 is 38.9 Å². The van der Waals surface area contributed by atoms with Crippen LogP contribution < -0.4 is 10.2 Å². The van der Waals surface area contributed by atoms with Crippen LogP contribution in [0.1, 0.15) is 29.6 Å². The van der Waals surface area contributed by atoms with Crippen LogP contribution in [-0.2, 0) is 14.8 Å². The van der Waals surface area contributed by atoms with E-state index in [1.807, 2.05) is 4.90 Å². The highest BCUT2D eigenvalue weighted by Crippen LogP contribution is 2.32. The summed E-state index contributed by atoms with van der Waals surface area (Å²) in [5.74, 6) is -1.09. The molecule has 0 spiro atoms. The molecule has 2 heterocycles. The molecule has 2 aliphatic rings. The summed E-state index contributed by atoms with van der Waals surface area (Å²) in [5, 5.41) is 2.77. The van der Waals surface area contributed by atoms with E-state index in [4.69, 9.17) is 16.3 Å². The summed E-state index contributed by atoms with van der Waals surface area (Å²) in [4.78, 5) is 15.1. The predicted molar refractivity (Wildman–Crippen MR) is 121 cm³/mol. The number of halogens is 2. The molecule has 2 aliphatic heterocycles. The quantitative estimate of drug-likeness (QED) is 0.703. The van der Waals surface area contributed by atoms with Gasteiger partial charge in [-0.2, -0.15) is 4.31 Å². The Morgan fingerprint density at radius 2 is 1.72 bits per heavy atom.